The Morgan fingerprint density at radius 2 is 1.03 bits per heavy atom. The first-order valence-electron chi connectivity index (χ1n) is 12.7. The number of amides is 1. The predicted molar refractivity (Wildman–Crippen MR) is 138 cm³/mol. The van der Waals surface area contributed by atoms with E-state index in [2.05, 4.69) is 5.32 Å². The highest BCUT2D eigenvalue weighted by Gasteiger charge is 2.09. The zero-order valence-corrected chi connectivity index (χ0v) is 22.2. The van der Waals surface area contributed by atoms with Gasteiger partial charge in [-0.2, -0.15) is 0 Å². The number of aromatic nitrogens is 1. The van der Waals surface area contributed by atoms with Crippen molar-refractivity contribution in [1.82, 2.24) is 9.88 Å². The minimum Gasteiger partial charge on any atom is -0.397 e. The average Bonchev–Trinajstić information content (AvgIpc) is 3.23. The molecule has 0 saturated carbocycles. The fourth-order valence-corrected chi connectivity index (χ4v) is 2.87. The lowest BCUT2D eigenvalue weighted by molar-refractivity contribution is -0.0228. The maximum atomic E-state index is 12.0. The van der Waals surface area contributed by atoms with E-state index in [0.29, 0.717) is 130 Å². The molecule has 0 bridgehead atoms. The molecule has 13 nitrogen and oxygen atoms in total. The molecule has 1 rings (SSSR count). The third-order valence-corrected chi connectivity index (χ3v) is 4.66. The van der Waals surface area contributed by atoms with Gasteiger partial charge >= 0.3 is 0 Å². The van der Waals surface area contributed by atoms with E-state index in [-0.39, 0.29) is 5.91 Å². The molecule has 5 N–H and O–H groups in total. The number of hydrogen-bond acceptors (Lipinski definition) is 11. The number of rotatable bonds is 27. The van der Waals surface area contributed by atoms with Crippen molar-refractivity contribution in [3.05, 3.63) is 18.0 Å². The van der Waals surface area contributed by atoms with Gasteiger partial charge in [0.2, 0.25) is 0 Å². The first-order valence-corrected chi connectivity index (χ1v) is 12.7. The standard InChI is InChI=1S/C24H46N4O9/c1-28-21-22(26)20-23(28)24(29)27-3-5-31-7-9-33-11-13-35-15-17-37-19-18-36-16-14-34-12-10-32-8-6-30-4-2-25/h20-21H,2-19,25-26H2,1H3,(H,27,29). The molecule has 1 amide bonds. The summed E-state index contributed by atoms with van der Waals surface area (Å²) in [5, 5.41) is 2.78. The number of carbonyl (C=O) groups is 1. The van der Waals surface area contributed by atoms with Crippen LogP contribution in [0.4, 0.5) is 5.69 Å². The van der Waals surface area contributed by atoms with E-state index < -0.39 is 0 Å². The smallest absolute Gasteiger partial charge is 0.268 e. The van der Waals surface area contributed by atoms with Gasteiger partial charge in [0, 0.05) is 26.3 Å². The van der Waals surface area contributed by atoms with Gasteiger partial charge in [-0.3, -0.25) is 4.79 Å². The van der Waals surface area contributed by atoms with Crippen LogP contribution < -0.4 is 16.8 Å². The lowest BCUT2D eigenvalue weighted by Crippen LogP contribution is -2.29. The molecule has 0 radical (unpaired) electrons. The summed E-state index contributed by atoms with van der Waals surface area (Å²) in [6.45, 7) is 8.92. The Hall–Kier alpha value is -1.81. The molecule has 1 aromatic rings. The van der Waals surface area contributed by atoms with E-state index in [1.165, 1.54) is 0 Å². The first kappa shape index (κ1) is 33.2. The summed E-state index contributed by atoms with van der Waals surface area (Å²) in [7, 11) is 1.77. The third kappa shape index (κ3) is 19.9. The molecular formula is C24H46N4O9. The topological polar surface area (TPSA) is 160 Å². The predicted octanol–water partition coefficient (Wildman–Crippen LogP) is -0.571. The number of anilines is 1. The Balaban J connectivity index is 1.70. The highest BCUT2D eigenvalue weighted by Crippen LogP contribution is 2.07. The molecule has 0 atom stereocenters. The zero-order chi connectivity index (χ0) is 26.8. The van der Waals surface area contributed by atoms with E-state index >= 15 is 0 Å². The van der Waals surface area contributed by atoms with Crippen LogP contribution in [-0.4, -0.2) is 129 Å². The van der Waals surface area contributed by atoms with Crippen molar-refractivity contribution in [2.24, 2.45) is 12.8 Å². The fourth-order valence-electron chi connectivity index (χ4n) is 2.87. The van der Waals surface area contributed by atoms with E-state index in [1.807, 2.05) is 0 Å². The van der Waals surface area contributed by atoms with Crippen LogP contribution in [0.2, 0.25) is 0 Å². The minimum absolute atomic E-state index is 0.184. The van der Waals surface area contributed by atoms with Crippen LogP contribution in [0.3, 0.4) is 0 Å². The summed E-state index contributed by atoms with van der Waals surface area (Å²) in [5.41, 5.74) is 12.1. The zero-order valence-electron chi connectivity index (χ0n) is 22.2. The molecule has 0 spiro atoms. The molecule has 0 aliphatic heterocycles. The van der Waals surface area contributed by atoms with Crippen LogP contribution in [0, 0.1) is 0 Å². The van der Waals surface area contributed by atoms with Crippen molar-refractivity contribution in [2.45, 2.75) is 0 Å². The van der Waals surface area contributed by atoms with Crippen molar-refractivity contribution in [3.8, 4) is 0 Å². The molecule has 13 heteroatoms. The van der Waals surface area contributed by atoms with E-state index in [0.717, 1.165) is 0 Å². The minimum atomic E-state index is -0.184. The van der Waals surface area contributed by atoms with E-state index in [1.54, 1.807) is 23.9 Å². The Labute approximate surface area is 219 Å². The van der Waals surface area contributed by atoms with Crippen molar-refractivity contribution in [3.63, 3.8) is 0 Å². The number of aryl methyl sites for hydroxylation is 1. The molecule has 216 valence electrons. The Kier molecular flexibility index (Phi) is 22.0. The Morgan fingerprint density at radius 1 is 0.676 bits per heavy atom. The van der Waals surface area contributed by atoms with Crippen LogP contribution in [0.5, 0.6) is 0 Å². The van der Waals surface area contributed by atoms with Gasteiger partial charge in [-0.1, -0.05) is 0 Å². The first-order chi connectivity index (χ1) is 18.1. The van der Waals surface area contributed by atoms with Gasteiger partial charge in [-0.15, -0.1) is 0 Å². The van der Waals surface area contributed by atoms with Crippen molar-refractivity contribution < 1.29 is 42.7 Å². The summed E-state index contributed by atoms with van der Waals surface area (Å²) in [6, 6.07) is 1.63. The summed E-state index contributed by atoms with van der Waals surface area (Å²) in [4.78, 5) is 12.0. The second-order valence-electron chi connectivity index (χ2n) is 7.71. The summed E-state index contributed by atoms with van der Waals surface area (Å²) >= 11 is 0. The monoisotopic (exact) mass is 534 g/mol. The average molecular weight is 535 g/mol. The maximum Gasteiger partial charge on any atom is 0.268 e. The van der Waals surface area contributed by atoms with Crippen LogP contribution in [0.15, 0.2) is 12.3 Å². The molecule has 0 aliphatic carbocycles. The number of ether oxygens (including phenoxy) is 8. The second-order valence-corrected chi connectivity index (χ2v) is 7.71. The van der Waals surface area contributed by atoms with Crippen LogP contribution in [0.1, 0.15) is 10.5 Å². The van der Waals surface area contributed by atoms with Crippen molar-refractivity contribution in [1.29, 1.82) is 0 Å². The largest absolute Gasteiger partial charge is 0.397 e. The van der Waals surface area contributed by atoms with Gasteiger partial charge in [0.15, 0.2) is 0 Å². The lowest BCUT2D eigenvalue weighted by Gasteiger charge is -2.09. The molecule has 0 unspecified atom stereocenters. The fraction of sp³-hybridized carbons (Fsp3) is 0.792. The molecule has 0 fully saturated rings. The van der Waals surface area contributed by atoms with Gasteiger partial charge in [-0.05, 0) is 6.07 Å². The summed E-state index contributed by atoms with van der Waals surface area (Å²) < 4.78 is 44.8. The number of nitrogen functional groups attached to an aromatic ring is 1. The number of nitrogens with one attached hydrogen (secondary N) is 1. The molecule has 0 aromatic carbocycles. The van der Waals surface area contributed by atoms with Crippen molar-refractivity contribution in [2.75, 3.05) is 125 Å². The van der Waals surface area contributed by atoms with Crippen LogP contribution in [-0.2, 0) is 44.9 Å². The Morgan fingerprint density at radius 3 is 1.35 bits per heavy atom. The third-order valence-electron chi connectivity index (χ3n) is 4.66. The maximum absolute atomic E-state index is 12.0. The van der Waals surface area contributed by atoms with Gasteiger partial charge in [0.05, 0.1) is 111 Å². The van der Waals surface area contributed by atoms with Crippen molar-refractivity contribution >= 4 is 11.6 Å². The van der Waals surface area contributed by atoms with Gasteiger partial charge < -0.3 is 59.2 Å². The van der Waals surface area contributed by atoms with E-state index in [9.17, 15) is 4.79 Å². The number of hydrogen-bond donors (Lipinski definition) is 3. The molecule has 0 saturated heterocycles. The molecule has 1 heterocycles. The lowest BCUT2D eigenvalue weighted by atomic mass is 10.4. The van der Waals surface area contributed by atoms with Gasteiger partial charge in [0.25, 0.3) is 5.91 Å². The van der Waals surface area contributed by atoms with Crippen LogP contribution in [0.25, 0.3) is 0 Å². The quantitative estimate of drug-likeness (QED) is 0.124. The van der Waals surface area contributed by atoms with Crippen LogP contribution >= 0.6 is 0 Å². The number of nitrogens with two attached hydrogens (primary N) is 2. The molecule has 0 aliphatic rings. The normalized spacial score (nSPS) is 11.3. The molecule has 1 aromatic heterocycles. The molecule has 37 heavy (non-hydrogen) atoms. The number of nitrogens with zero attached hydrogens (tertiary/aromatic N) is 1. The summed E-state index contributed by atoms with van der Waals surface area (Å²) in [5.74, 6) is -0.184. The molecular weight excluding hydrogens is 488 g/mol. The van der Waals surface area contributed by atoms with Gasteiger partial charge in [-0.25, -0.2) is 0 Å². The second kappa shape index (κ2) is 24.5. The highest BCUT2D eigenvalue weighted by molar-refractivity contribution is 5.93. The van der Waals surface area contributed by atoms with E-state index in [4.69, 9.17) is 49.4 Å². The highest BCUT2D eigenvalue weighted by atomic mass is 16.6. The van der Waals surface area contributed by atoms with Gasteiger partial charge in [0.1, 0.15) is 5.69 Å². The number of carbonyl (C=O) groups excluding carboxylic acids is 1. The SMILES string of the molecule is Cn1cc(N)cc1C(=O)NCCOCCOCCOCCOCCOCCOCCOCCOCCN. The summed E-state index contributed by atoms with van der Waals surface area (Å²) in [6.07, 6.45) is 1.69. The Bertz CT molecular complexity index is 664.